The van der Waals surface area contributed by atoms with E-state index in [9.17, 15) is 4.39 Å². The van der Waals surface area contributed by atoms with Gasteiger partial charge >= 0.3 is 0 Å². The van der Waals surface area contributed by atoms with Gasteiger partial charge in [0, 0.05) is 18.3 Å². The molecule has 1 unspecified atom stereocenters. The first kappa shape index (κ1) is 13.4. The van der Waals surface area contributed by atoms with E-state index in [1.165, 1.54) is 24.8 Å². The van der Waals surface area contributed by atoms with Crippen molar-refractivity contribution in [3.63, 3.8) is 0 Å². The van der Waals surface area contributed by atoms with Crippen molar-refractivity contribution in [3.05, 3.63) is 12.0 Å². The molecule has 4 nitrogen and oxygen atoms in total. The molecule has 1 aromatic rings. The predicted octanol–water partition coefficient (Wildman–Crippen LogP) is 2.75. The van der Waals surface area contributed by atoms with Crippen LogP contribution in [0, 0.1) is 5.82 Å². The molecule has 1 atom stereocenters. The highest BCUT2D eigenvalue weighted by molar-refractivity contribution is 8.00. The van der Waals surface area contributed by atoms with Crippen molar-refractivity contribution in [1.82, 2.24) is 9.97 Å². The molecule has 0 amide bonds. The van der Waals surface area contributed by atoms with Crippen LogP contribution in [0.2, 0.25) is 0 Å². The Labute approximate surface area is 111 Å². The van der Waals surface area contributed by atoms with E-state index in [1.807, 2.05) is 11.8 Å². The van der Waals surface area contributed by atoms with Crippen LogP contribution in [0.4, 0.5) is 16.2 Å². The number of nitrogens with one attached hydrogen (secondary N) is 2. The molecule has 1 fully saturated rings. The molecule has 0 radical (unpaired) electrons. The van der Waals surface area contributed by atoms with Crippen LogP contribution in [0.3, 0.4) is 0 Å². The first-order chi connectivity index (χ1) is 8.79. The largest absolute Gasteiger partial charge is 0.366 e. The van der Waals surface area contributed by atoms with E-state index in [0.29, 0.717) is 17.0 Å². The minimum atomic E-state index is -0.389. The van der Waals surface area contributed by atoms with Crippen LogP contribution in [0.25, 0.3) is 0 Å². The normalized spacial score (nSPS) is 18.9. The minimum Gasteiger partial charge on any atom is -0.366 e. The summed E-state index contributed by atoms with van der Waals surface area (Å²) in [4.78, 5) is 8.07. The van der Waals surface area contributed by atoms with Crippen molar-refractivity contribution >= 4 is 23.5 Å². The molecular weight excluding hydrogens is 251 g/mol. The van der Waals surface area contributed by atoms with Crippen LogP contribution in [0.1, 0.15) is 26.2 Å². The van der Waals surface area contributed by atoms with Crippen LogP contribution in [-0.2, 0) is 0 Å². The Bertz CT molecular complexity index is 382. The molecule has 2 heterocycles. The zero-order chi connectivity index (χ0) is 12.8. The van der Waals surface area contributed by atoms with Gasteiger partial charge < -0.3 is 10.6 Å². The third kappa shape index (κ3) is 3.73. The molecule has 1 saturated heterocycles. The van der Waals surface area contributed by atoms with Gasteiger partial charge in [0.1, 0.15) is 0 Å². The molecule has 1 aliphatic heterocycles. The lowest BCUT2D eigenvalue weighted by Crippen LogP contribution is -2.16. The quantitative estimate of drug-likeness (QED) is 0.832. The zero-order valence-corrected chi connectivity index (χ0v) is 11.4. The van der Waals surface area contributed by atoms with E-state index in [4.69, 9.17) is 0 Å². The Hall–Kier alpha value is -1.04. The lowest BCUT2D eigenvalue weighted by atomic mass is 10.2. The van der Waals surface area contributed by atoms with E-state index in [0.717, 1.165) is 19.5 Å². The van der Waals surface area contributed by atoms with Gasteiger partial charge in [-0.05, 0) is 25.0 Å². The van der Waals surface area contributed by atoms with Gasteiger partial charge in [-0.2, -0.15) is 16.7 Å². The highest BCUT2D eigenvalue weighted by atomic mass is 32.2. The molecule has 1 aromatic heterocycles. The summed E-state index contributed by atoms with van der Waals surface area (Å²) in [5.74, 6) is 1.61. The van der Waals surface area contributed by atoms with Crippen LogP contribution in [-0.4, -0.2) is 34.1 Å². The summed E-state index contributed by atoms with van der Waals surface area (Å²) in [5, 5.41) is 6.72. The maximum atomic E-state index is 13.5. The Kier molecular flexibility index (Phi) is 5.04. The van der Waals surface area contributed by atoms with Gasteiger partial charge in [0.2, 0.25) is 5.95 Å². The van der Waals surface area contributed by atoms with E-state index < -0.39 is 0 Å². The first-order valence-corrected chi connectivity index (χ1v) is 7.46. The van der Waals surface area contributed by atoms with Gasteiger partial charge in [0.15, 0.2) is 11.6 Å². The fourth-order valence-corrected chi connectivity index (χ4v) is 3.03. The third-order valence-electron chi connectivity index (χ3n) is 2.80. The summed E-state index contributed by atoms with van der Waals surface area (Å²) in [5.41, 5.74) is 0. The number of hydrogen-bond donors (Lipinski definition) is 2. The van der Waals surface area contributed by atoms with Gasteiger partial charge in [0.25, 0.3) is 0 Å². The minimum absolute atomic E-state index is 0.302. The molecule has 6 heteroatoms. The molecule has 0 aliphatic carbocycles. The number of hydrogen-bond acceptors (Lipinski definition) is 5. The average Bonchev–Trinajstić information content (AvgIpc) is 2.89. The SMILES string of the molecule is CCCNc1ncc(F)c(NCC2CCCS2)n1. The Balaban J connectivity index is 1.92. The third-order valence-corrected chi connectivity index (χ3v) is 4.20. The van der Waals surface area contributed by atoms with Gasteiger partial charge in [-0.3, -0.25) is 0 Å². The monoisotopic (exact) mass is 270 g/mol. The Morgan fingerprint density at radius 3 is 3.11 bits per heavy atom. The van der Waals surface area contributed by atoms with Crippen LogP contribution in [0.5, 0.6) is 0 Å². The summed E-state index contributed by atoms with van der Waals surface area (Å²) in [6, 6.07) is 0. The number of aromatic nitrogens is 2. The maximum Gasteiger partial charge on any atom is 0.224 e. The summed E-state index contributed by atoms with van der Waals surface area (Å²) in [7, 11) is 0. The van der Waals surface area contributed by atoms with E-state index in [2.05, 4.69) is 27.5 Å². The average molecular weight is 270 g/mol. The van der Waals surface area contributed by atoms with Crippen LogP contribution < -0.4 is 10.6 Å². The van der Waals surface area contributed by atoms with E-state index in [-0.39, 0.29) is 5.82 Å². The van der Waals surface area contributed by atoms with Crippen molar-refractivity contribution in [2.45, 2.75) is 31.4 Å². The molecule has 0 bridgehead atoms. The fourth-order valence-electron chi connectivity index (χ4n) is 1.83. The number of rotatable bonds is 6. The summed E-state index contributed by atoms with van der Waals surface area (Å²) < 4.78 is 13.5. The Morgan fingerprint density at radius 2 is 2.39 bits per heavy atom. The van der Waals surface area contributed by atoms with Crippen molar-refractivity contribution < 1.29 is 4.39 Å². The Morgan fingerprint density at radius 1 is 1.50 bits per heavy atom. The van der Waals surface area contributed by atoms with Crippen molar-refractivity contribution in [3.8, 4) is 0 Å². The van der Waals surface area contributed by atoms with E-state index in [1.54, 1.807) is 0 Å². The smallest absolute Gasteiger partial charge is 0.224 e. The molecule has 2 N–H and O–H groups in total. The number of halogens is 1. The zero-order valence-electron chi connectivity index (χ0n) is 10.6. The molecule has 1 aliphatic rings. The van der Waals surface area contributed by atoms with Crippen LogP contribution >= 0.6 is 11.8 Å². The lowest BCUT2D eigenvalue weighted by molar-refractivity contribution is 0.616. The van der Waals surface area contributed by atoms with Gasteiger partial charge in [-0.15, -0.1) is 0 Å². The van der Waals surface area contributed by atoms with Gasteiger partial charge in [0.05, 0.1) is 6.20 Å². The number of nitrogens with zero attached hydrogens (tertiary/aromatic N) is 2. The molecule has 100 valence electrons. The molecular formula is C12H19FN4S. The summed E-state index contributed by atoms with van der Waals surface area (Å²) in [6.07, 6.45) is 4.66. The van der Waals surface area contributed by atoms with Crippen molar-refractivity contribution in [2.75, 3.05) is 29.5 Å². The topological polar surface area (TPSA) is 49.8 Å². The summed E-state index contributed by atoms with van der Waals surface area (Å²) >= 11 is 1.94. The van der Waals surface area contributed by atoms with Gasteiger partial charge in [-0.1, -0.05) is 6.92 Å². The molecule has 0 aromatic carbocycles. The molecule has 0 spiro atoms. The second kappa shape index (κ2) is 6.78. The maximum absolute atomic E-state index is 13.5. The number of anilines is 2. The van der Waals surface area contributed by atoms with Crippen LogP contribution in [0.15, 0.2) is 6.20 Å². The first-order valence-electron chi connectivity index (χ1n) is 6.41. The molecule has 18 heavy (non-hydrogen) atoms. The summed E-state index contributed by atoms with van der Waals surface area (Å²) in [6.45, 7) is 3.63. The van der Waals surface area contributed by atoms with Crippen molar-refractivity contribution in [2.24, 2.45) is 0 Å². The van der Waals surface area contributed by atoms with Crippen molar-refractivity contribution in [1.29, 1.82) is 0 Å². The standard InChI is InChI=1S/C12H19FN4S/c1-2-5-14-12-16-8-10(13)11(17-12)15-7-9-4-3-6-18-9/h8-9H,2-7H2,1H3,(H2,14,15,16,17). The highest BCUT2D eigenvalue weighted by Crippen LogP contribution is 2.26. The number of thioether (sulfide) groups is 1. The van der Waals surface area contributed by atoms with Gasteiger partial charge in [-0.25, -0.2) is 9.37 Å². The second-order valence-electron chi connectivity index (χ2n) is 4.33. The predicted molar refractivity (Wildman–Crippen MR) is 74.7 cm³/mol. The molecule has 0 saturated carbocycles. The van der Waals surface area contributed by atoms with E-state index >= 15 is 0 Å². The lowest BCUT2D eigenvalue weighted by Gasteiger charge is -2.12. The second-order valence-corrected chi connectivity index (χ2v) is 5.74. The highest BCUT2D eigenvalue weighted by Gasteiger charge is 2.16. The fraction of sp³-hybridized carbons (Fsp3) is 0.667. The molecule has 2 rings (SSSR count).